The van der Waals surface area contributed by atoms with Gasteiger partial charge in [0.2, 0.25) is 0 Å². The molecule has 0 radical (unpaired) electrons. The number of aliphatic hydroxyl groups is 1. The van der Waals surface area contributed by atoms with E-state index in [0.717, 1.165) is 18.6 Å². The summed E-state index contributed by atoms with van der Waals surface area (Å²) in [7, 11) is 0. The van der Waals surface area contributed by atoms with Crippen molar-refractivity contribution in [3.8, 4) is 0 Å². The molecule has 0 fully saturated rings. The van der Waals surface area contributed by atoms with E-state index in [-0.39, 0.29) is 12.4 Å². The molecule has 1 aliphatic carbocycles. The smallest absolute Gasteiger partial charge is 0.158 e. The highest BCUT2D eigenvalue weighted by Crippen LogP contribution is 2.12. The van der Waals surface area contributed by atoms with Crippen LogP contribution in [0.5, 0.6) is 0 Å². The maximum atomic E-state index is 11.3. The summed E-state index contributed by atoms with van der Waals surface area (Å²) in [4.78, 5) is 11.3. The van der Waals surface area contributed by atoms with Crippen molar-refractivity contribution in [1.82, 2.24) is 0 Å². The summed E-state index contributed by atoms with van der Waals surface area (Å²) in [5.74, 6) is 0.808. The Morgan fingerprint density at radius 3 is 2.94 bits per heavy atom. The molecule has 3 heteroatoms. The summed E-state index contributed by atoms with van der Waals surface area (Å²) in [6.45, 7) is 5.49. The lowest BCUT2D eigenvalue weighted by Crippen LogP contribution is -2.16. The van der Waals surface area contributed by atoms with Crippen LogP contribution in [0.2, 0.25) is 0 Å². The minimum absolute atomic E-state index is 0.000766. The Bertz CT molecular complexity index is 339. The average Bonchev–Trinajstić information content (AvgIpc) is 2.34. The Hall–Kier alpha value is -1.35. The van der Waals surface area contributed by atoms with E-state index in [1.54, 1.807) is 6.92 Å². The van der Waals surface area contributed by atoms with Crippen molar-refractivity contribution in [3.05, 3.63) is 36.1 Å². The van der Waals surface area contributed by atoms with Crippen molar-refractivity contribution in [2.24, 2.45) is 0 Å². The molecule has 0 spiro atoms. The second-order valence-electron chi connectivity index (χ2n) is 4.29. The van der Waals surface area contributed by atoms with Crippen molar-refractivity contribution >= 4 is 5.78 Å². The topological polar surface area (TPSA) is 46.5 Å². The number of hydrogen-bond acceptors (Lipinski definition) is 3. The van der Waals surface area contributed by atoms with Gasteiger partial charge in [0.1, 0.15) is 12.4 Å². The Labute approximate surface area is 102 Å². The van der Waals surface area contributed by atoms with E-state index in [9.17, 15) is 9.90 Å². The lowest BCUT2D eigenvalue weighted by atomic mass is 10.1. The van der Waals surface area contributed by atoms with Crippen LogP contribution < -0.4 is 0 Å². The third-order valence-electron chi connectivity index (χ3n) is 2.58. The number of aliphatic hydroxyl groups excluding tert-OH is 1. The molecule has 0 bridgehead atoms. The summed E-state index contributed by atoms with van der Waals surface area (Å²) < 4.78 is 5.43. The van der Waals surface area contributed by atoms with Crippen LogP contribution >= 0.6 is 0 Å². The van der Waals surface area contributed by atoms with E-state index in [1.807, 2.05) is 18.2 Å². The van der Waals surface area contributed by atoms with Gasteiger partial charge in [-0.1, -0.05) is 12.7 Å². The Balaban J connectivity index is 2.19. The fourth-order valence-corrected chi connectivity index (χ4v) is 1.48. The fraction of sp³-hybridized carbons (Fsp3) is 0.500. The van der Waals surface area contributed by atoms with Crippen LogP contribution in [0.3, 0.4) is 0 Å². The first kappa shape index (κ1) is 13.7. The highest BCUT2D eigenvalue weighted by Gasteiger charge is 2.10. The lowest BCUT2D eigenvalue weighted by molar-refractivity contribution is -0.116. The summed E-state index contributed by atoms with van der Waals surface area (Å²) in [6.07, 6.45) is 8.14. The van der Waals surface area contributed by atoms with Crippen molar-refractivity contribution in [2.45, 2.75) is 38.7 Å². The number of carbonyl (C=O) groups excluding carboxylic acids is 1. The first-order valence-corrected chi connectivity index (χ1v) is 5.96. The van der Waals surface area contributed by atoms with Gasteiger partial charge in [-0.05, 0) is 43.9 Å². The normalized spacial score (nSPS) is 16.2. The Morgan fingerprint density at radius 2 is 2.35 bits per heavy atom. The Kier molecular flexibility index (Phi) is 5.70. The van der Waals surface area contributed by atoms with Crippen LogP contribution in [0.4, 0.5) is 0 Å². The molecule has 1 aliphatic rings. The molecule has 0 saturated heterocycles. The predicted octanol–water partition coefficient (Wildman–Crippen LogP) is 2.52. The zero-order valence-corrected chi connectivity index (χ0v) is 10.3. The van der Waals surface area contributed by atoms with E-state index in [1.165, 1.54) is 0 Å². The monoisotopic (exact) mass is 236 g/mol. The van der Waals surface area contributed by atoms with Crippen molar-refractivity contribution < 1.29 is 14.6 Å². The number of Topliss-reactive ketones (excluding diaryl/α,β-unsaturated/α-hetero) is 1. The van der Waals surface area contributed by atoms with Crippen molar-refractivity contribution in [2.75, 3.05) is 6.61 Å². The van der Waals surface area contributed by atoms with Gasteiger partial charge in [0, 0.05) is 6.42 Å². The minimum Gasteiger partial charge on any atom is -0.491 e. The molecule has 1 unspecified atom stereocenters. The summed E-state index contributed by atoms with van der Waals surface area (Å²) >= 11 is 0. The molecule has 3 nitrogen and oxygen atoms in total. The van der Waals surface area contributed by atoms with Crippen molar-refractivity contribution in [3.63, 3.8) is 0 Å². The third-order valence-corrected chi connectivity index (χ3v) is 2.58. The first-order valence-electron chi connectivity index (χ1n) is 5.96. The molecule has 1 atom stereocenters. The number of ether oxygens (including phenoxy) is 1. The molecule has 0 aromatic rings. The summed E-state index contributed by atoms with van der Waals surface area (Å²) in [6, 6.07) is 0. The largest absolute Gasteiger partial charge is 0.491 e. The molecule has 0 amide bonds. The van der Waals surface area contributed by atoms with E-state index in [4.69, 9.17) is 4.74 Å². The van der Waals surface area contributed by atoms with E-state index in [0.29, 0.717) is 18.4 Å². The average molecular weight is 236 g/mol. The predicted molar refractivity (Wildman–Crippen MR) is 67.5 cm³/mol. The molecular weight excluding hydrogens is 216 g/mol. The zero-order chi connectivity index (χ0) is 12.7. The van der Waals surface area contributed by atoms with Gasteiger partial charge < -0.3 is 9.84 Å². The van der Waals surface area contributed by atoms with Crippen LogP contribution in [-0.4, -0.2) is 23.6 Å². The van der Waals surface area contributed by atoms with Crippen LogP contribution in [0.1, 0.15) is 32.6 Å². The van der Waals surface area contributed by atoms with Crippen LogP contribution in [-0.2, 0) is 9.53 Å². The first-order chi connectivity index (χ1) is 8.09. The SMILES string of the molecule is C=C(C)C(=O)CCC(O)COC1=CCCC=C1. The van der Waals surface area contributed by atoms with Crippen LogP contribution in [0.25, 0.3) is 0 Å². The molecule has 94 valence electrons. The van der Waals surface area contributed by atoms with Crippen molar-refractivity contribution in [1.29, 1.82) is 0 Å². The van der Waals surface area contributed by atoms with Crippen LogP contribution in [0.15, 0.2) is 36.1 Å². The molecule has 0 aromatic heterocycles. The number of rotatable bonds is 7. The van der Waals surface area contributed by atoms with Gasteiger partial charge in [-0.25, -0.2) is 0 Å². The Morgan fingerprint density at radius 1 is 1.59 bits per heavy atom. The summed E-state index contributed by atoms with van der Waals surface area (Å²) in [5, 5.41) is 9.65. The highest BCUT2D eigenvalue weighted by molar-refractivity contribution is 5.94. The fourth-order valence-electron chi connectivity index (χ4n) is 1.48. The molecule has 0 heterocycles. The number of ketones is 1. The standard InChI is InChI=1S/C14H20O3/c1-11(2)14(16)9-8-12(15)10-17-13-6-4-3-5-7-13/h4,6-7,12,15H,1,3,5,8-10H2,2H3. The number of hydrogen-bond donors (Lipinski definition) is 1. The van der Waals surface area contributed by atoms with Gasteiger partial charge in [0.05, 0.1) is 6.10 Å². The molecule has 0 saturated carbocycles. The second kappa shape index (κ2) is 7.07. The minimum atomic E-state index is -0.602. The molecule has 0 aromatic carbocycles. The molecule has 1 N–H and O–H groups in total. The molecule has 17 heavy (non-hydrogen) atoms. The van der Waals surface area contributed by atoms with E-state index in [2.05, 4.69) is 6.58 Å². The van der Waals surface area contributed by atoms with E-state index >= 15 is 0 Å². The quantitative estimate of drug-likeness (QED) is 0.691. The van der Waals surface area contributed by atoms with Crippen LogP contribution in [0, 0.1) is 0 Å². The highest BCUT2D eigenvalue weighted by atomic mass is 16.5. The van der Waals surface area contributed by atoms with Gasteiger partial charge in [-0.15, -0.1) is 0 Å². The lowest BCUT2D eigenvalue weighted by Gasteiger charge is -2.14. The second-order valence-corrected chi connectivity index (χ2v) is 4.29. The molecular formula is C14H20O3. The number of carbonyl (C=O) groups is 1. The molecule has 1 rings (SSSR count). The van der Waals surface area contributed by atoms with Gasteiger partial charge in [-0.2, -0.15) is 0 Å². The zero-order valence-electron chi connectivity index (χ0n) is 10.3. The molecule has 0 aliphatic heterocycles. The van der Waals surface area contributed by atoms with Gasteiger partial charge >= 0.3 is 0 Å². The van der Waals surface area contributed by atoms with E-state index < -0.39 is 6.10 Å². The van der Waals surface area contributed by atoms with Gasteiger partial charge in [0.25, 0.3) is 0 Å². The summed E-state index contributed by atoms with van der Waals surface area (Å²) in [5.41, 5.74) is 0.538. The third kappa shape index (κ3) is 5.50. The van der Waals surface area contributed by atoms with Gasteiger partial charge in [-0.3, -0.25) is 4.79 Å². The number of allylic oxidation sites excluding steroid dienone is 4. The van der Waals surface area contributed by atoms with Gasteiger partial charge in [0.15, 0.2) is 5.78 Å². The maximum absolute atomic E-state index is 11.3. The maximum Gasteiger partial charge on any atom is 0.158 e.